The van der Waals surface area contributed by atoms with Gasteiger partial charge in [-0.25, -0.2) is 0 Å². The molecule has 4 N–H and O–H groups in total. The second-order valence-electron chi connectivity index (χ2n) is 6.54. The third-order valence-corrected chi connectivity index (χ3v) is 4.59. The number of unbranched alkanes of at least 4 members (excludes halogenated alkanes) is 6. The predicted molar refractivity (Wildman–Crippen MR) is 99.3 cm³/mol. The van der Waals surface area contributed by atoms with E-state index in [9.17, 15) is 20.4 Å². The molecule has 0 radical (unpaired) electrons. The summed E-state index contributed by atoms with van der Waals surface area (Å²) in [5.41, 5.74) is 1.62. The van der Waals surface area contributed by atoms with Crippen molar-refractivity contribution in [1.82, 2.24) is 0 Å². The summed E-state index contributed by atoms with van der Waals surface area (Å²) in [7, 11) is 0. The van der Waals surface area contributed by atoms with Gasteiger partial charge in [0.25, 0.3) is 0 Å². The molecule has 0 amide bonds. The topological polar surface area (TPSA) is 80.9 Å². The van der Waals surface area contributed by atoms with Gasteiger partial charge >= 0.3 is 0 Å². The van der Waals surface area contributed by atoms with Crippen molar-refractivity contribution in [3.05, 3.63) is 47.5 Å². The fraction of sp³-hybridized carbons (Fsp3) is 0.429. The minimum absolute atomic E-state index is 0.0118. The van der Waals surface area contributed by atoms with E-state index in [4.69, 9.17) is 0 Å². The van der Waals surface area contributed by atoms with Crippen LogP contribution in [0.4, 0.5) is 0 Å². The van der Waals surface area contributed by atoms with Crippen molar-refractivity contribution in [1.29, 1.82) is 0 Å². The average Bonchev–Trinajstić information content (AvgIpc) is 2.60. The molecule has 0 heterocycles. The Kier molecular flexibility index (Phi) is 7.45. The molecule has 2 aromatic rings. The summed E-state index contributed by atoms with van der Waals surface area (Å²) >= 11 is 0. The average molecular weight is 344 g/mol. The summed E-state index contributed by atoms with van der Waals surface area (Å²) < 4.78 is 0. The lowest BCUT2D eigenvalue weighted by Gasteiger charge is -2.07. The molecular weight excluding hydrogens is 316 g/mol. The molecule has 0 spiro atoms. The molecule has 25 heavy (non-hydrogen) atoms. The lowest BCUT2D eigenvalue weighted by Crippen LogP contribution is -1.89. The van der Waals surface area contributed by atoms with E-state index in [1.165, 1.54) is 18.6 Å². The molecule has 2 rings (SSSR count). The number of hydrogen-bond donors (Lipinski definition) is 4. The van der Waals surface area contributed by atoms with Gasteiger partial charge in [0, 0.05) is 0 Å². The third-order valence-electron chi connectivity index (χ3n) is 4.59. The molecule has 0 saturated heterocycles. The van der Waals surface area contributed by atoms with Gasteiger partial charge in [-0.05, 0) is 48.9 Å². The largest absolute Gasteiger partial charge is 0.504 e. The zero-order valence-electron chi connectivity index (χ0n) is 14.6. The Labute approximate surface area is 149 Å². The molecule has 0 aliphatic carbocycles. The van der Waals surface area contributed by atoms with Crippen LogP contribution < -0.4 is 0 Å². The highest BCUT2D eigenvalue weighted by Crippen LogP contribution is 2.30. The maximum Gasteiger partial charge on any atom is 0.160 e. The fourth-order valence-corrected chi connectivity index (χ4v) is 3.07. The number of aromatic hydroxyl groups is 4. The van der Waals surface area contributed by atoms with Gasteiger partial charge in [0.05, 0.1) is 0 Å². The smallest absolute Gasteiger partial charge is 0.160 e. The van der Waals surface area contributed by atoms with Crippen molar-refractivity contribution in [3.63, 3.8) is 0 Å². The van der Waals surface area contributed by atoms with Crippen LogP contribution in [-0.2, 0) is 12.8 Å². The first kappa shape index (κ1) is 19.0. The molecule has 0 fully saturated rings. The van der Waals surface area contributed by atoms with Crippen LogP contribution in [0.2, 0.25) is 0 Å². The Bertz CT molecular complexity index is 609. The molecule has 4 heteroatoms. The fourth-order valence-electron chi connectivity index (χ4n) is 3.07. The first-order valence-corrected chi connectivity index (χ1v) is 9.09. The van der Waals surface area contributed by atoms with E-state index >= 15 is 0 Å². The van der Waals surface area contributed by atoms with E-state index in [-0.39, 0.29) is 23.0 Å². The van der Waals surface area contributed by atoms with Crippen LogP contribution in [0.3, 0.4) is 0 Å². The van der Waals surface area contributed by atoms with Gasteiger partial charge in [-0.2, -0.15) is 0 Å². The summed E-state index contributed by atoms with van der Waals surface area (Å²) in [6.45, 7) is 0. The Morgan fingerprint density at radius 1 is 0.480 bits per heavy atom. The van der Waals surface area contributed by atoms with Gasteiger partial charge in [0.1, 0.15) is 0 Å². The maximum absolute atomic E-state index is 9.74. The molecule has 0 aliphatic rings. The molecule has 0 aliphatic heterocycles. The van der Waals surface area contributed by atoms with Crippen LogP contribution in [0.25, 0.3) is 0 Å². The van der Waals surface area contributed by atoms with Crippen LogP contribution in [0.15, 0.2) is 36.4 Å². The number of hydrogen-bond acceptors (Lipinski definition) is 4. The standard InChI is InChI=1S/C21H28O4/c22-18-14-8-12-16(20(18)24)10-6-4-2-1-3-5-7-11-17-13-9-15-19(23)21(17)25/h8-9,12-15,22-25H,1-7,10-11H2. The van der Waals surface area contributed by atoms with E-state index in [0.717, 1.165) is 62.5 Å². The Balaban J connectivity index is 1.52. The van der Waals surface area contributed by atoms with E-state index in [1.807, 2.05) is 12.1 Å². The van der Waals surface area contributed by atoms with Gasteiger partial charge in [-0.15, -0.1) is 0 Å². The van der Waals surface area contributed by atoms with E-state index in [2.05, 4.69) is 0 Å². The second-order valence-corrected chi connectivity index (χ2v) is 6.54. The Hall–Kier alpha value is -2.36. The monoisotopic (exact) mass is 344 g/mol. The highest BCUT2D eigenvalue weighted by molar-refractivity contribution is 5.44. The van der Waals surface area contributed by atoms with E-state index in [1.54, 1.807) is 12.1 Å². The van der Waals surface area contributed by atoms with Crippen LogP contribution in [0.5, 0.6) is 23.0 Å². The zero-order valence-corrected chi connectivity index (χ0v) is 14.6. The number of rotatable bonds is 10. The number of benzene rings is 2. The van der Waals surface area contributed by atoms with Gasteiger partial charge < -0.3 is 20.4 Å². The van der Waals surface area contributed by atoms with Crippen LogP contribution in [0.1, 0.15) is 56.1 Å². The number of aryl methyl sites for hydroxylation is 2. The maximum atomic E-state index is 9.74. The third kappa shape index (κ3) is 5.89. The second kappa shape index (κ2) is 9.82. The van der Waals surface area contributed by atoms with Gasteiger partial charge in [0.15, 0.2) is 23.0 Å². The van der Waals surface area contributed by atoms with Crippen molar-refractivity contribution >= 4 is 0 Å². The molecule has 4 nitrogen and oxygen atoms in total. The summed E-state index contributed by atoms with van der Waals surface area (Å²) in [6.07, 6.45) is 9.33. The van der Waals surface area contributed by atoms with Crippen molar-refractivity contribution in [2.75, 3.05) is 0 Å². The number of phenolic OH excluding ortho intramolecular Hbond substituents is 4. The first-order chi connectivity index (χ1) is 12.1. The summed E-state index contributed by atoms with van der Waals surface area (Å²) in [6, 6.07) is 10.2. The quantitative estimate of drug-likeness (QED) is 0.360. The summed E-state index contributed by atoms with van der Waals surface area (Å²) in [5.74, 6) is -0.0686. The zero-order chi connectivity index (χ0) is 18.1. The molecule has 0 unspecified atom stereocenters. The van der Waals surface area contributed by atoms with Crippen molar-refractivity contribution in [2.45, 2.75) is 57.8 Å². The highest BCUT2D eigenvalue weighted by atomic mass is 16.3. The minimum atomic E-state index is -0.0460. The Morgan fingerprint density at radius 3 is 1.24 bits per heavy atom. The molecular formula is C21H28O4. The molecule has 0 bridgehead atoms. The molecule has 0 atom stereocenters. The van der Waals surface area contributed by atoms with Gasteiger partial charge in [0.2, 0.25) is 0 Å². The highest BCUT2D eigenvalue weighted by Gasteiger charge is 2.06. The lowest BCUT2D eigenvalue weighted by molar-refractivity contribution is 0.398. The van der Waals surface area contributed by atoms with Crippen LogP contribution in [0, 0.1) is 0 Å². The summed E-state index contributed by atoms with van der Waals surface area (Å²) in [5, 5.41) is 38.4. The van der Waals surface area contributed by atoms with Crippen molar-refractivity contribution < 1.29 is 20.4 Å². The van der Waals surface area contributed by atoms with Gasteiger partial charge in [-0.3, -0.25) is 0 Å². The minimum Gasteiger partial charge on any atom is -0.504 e. The number of phenols is 4. The van der Waals surface area contributed by atoms with Crippen LogP contribution in [-0.4, -0.2) is 20.4 Å². The van der Waals surface area contributed by atoms with Crippen LogP contribution >= 0.6 is 0 Å². The molecule has 0 aromatic heterocycles. The molecule has 136 valence electrons. The molecule has 2 aromatic carbocycles. The Morgan fingerprint density at radius 2 is 0.840 bits per heavy atom. The van der Waals surface area contributed by atoms with Crippen molar-refractivity contribution in [2.24, 2.45) is 0 Å². The lowest BCUT2D eigenvalue weighted by atomic mass is 10.0. The SMILES string of the molecule is Oc1cccc(CCCCCCCCCc2cccc(O)c2O)c1O. The van der Waals surface area contributed by atoms with Crippen molar-refractivity contribution in [3.8, 4) is 23.0 Å². The predicted octanol–water partition coefficient (Wildman–Crippen LogP) is 5.02. The summed E-state index contributed by atoms with van der Waals surface area (Å²) in [4.78, 5) is 0. The van der Waals surface area contributed by atoms with E-state index < -0.39 is 0 Å². The van der Waals surface area contributed by atoms with E-state index in [0.29, 0.717) is 0 Å². The number of para-hydroxylation sites is 2. The van der Waals surface area contributed by atoms with Gasteiger partial charge in [-0.1, -0.05) is 56.4 Å². The first-order valence-electron chi connectivity index (χ1n) is 9.09. The molecule has 0 saturated carbocycles. The normalized spacial score (nSPS) is 10.9.